The molecule has 0 amide bonds. The van der Waals surface area contributed by atoms with Gasteiger partial charge in [-0.3, -0.25) is 42.1 Å². The highest BCUT2D eigenvalue weighted by Gasteiger charge is 2.48. The van der Waals surface area contributed by atoms with Crippen LogP contribution in [0.5, 0.6) is 28.7 Å². The van der Waals surface area contributed by atoms with Gasteiger partial charge in [-0.05, 0) is 86.2 Å². The number of carbonyl (C=O) groups is 1. The number of hydrogen-bond donors (Lipinski definition) is 2. The lowest BCUT2D eigenvalue weighted by molar-refractivity contribution is -0.0960. The molecule has 0 aliphatic carbocycles. The molecule has 2 aliphatic rings. The molecule has 129 heavy (non-hydrogen) atoms. The van der Waals surface area contributed by atoms with Crippen molar-refractivity contribution in [2.24, 2.45) is 0 Å². The molecule has 2 N–H and O–H groups in total. The van der Waals surface area contributed by atoms with Gasteiger partial charge in [0.15, 0.2) is 11.5 Å². The Bertz CT molecular complexity index is 4320. The maximum Gasteiger partial charge on any atom is 0.475 e. The first kappa shape index (κ1) is 107. The Kier molecular flexibility index (Phi) is 51.2. The summed E-state index contributed by atoms with van der Waals surface area (Å²) in [4.78, 5) is 77.4. The maximum absolute atomic E-state index is 15.5. The zero-order valence-corrected chi connectivity index (χ0v) is 80.6. The minimum atomic E-state index is -4.90. The number of nitrogens with one attached hydrogen (secondary N) is 1. The number of unbranched alkanes of at least 4 members (excludes halogenated alkanes) is 45. The van der Waals surface area contributed by atoms with Gasteiger partial charge in [-0.2, -0.15) is 4.57 Å². The van der Waals surface area contributed by atoms with Gasteiger partial charge in [-0.1, -0.05) is 364 Å². The normalized spacial score (nSPS) is 16.8. The average Bonchev–Trinajstić information content (AvgIpc) is 1.55. The number of benzene rings is 4. The quantitative estimate of drug-likeness (QED) is 0.0156. The fraction of sp³-hybridized carbons (Fsp3) is 0.676. The largest absolute Gasteiger partial charge is 0.497 e. The number of nitrogens with zero attached hydrogens (tertiary/aromatic N) is 4. The van der Waals surface area contributed by atoms with E-state index in [0.29, 0.717) is 58.3 Å². The van der Waals surface area contributed by atoms with Gasteiger partial charge in [0.2, 0.25) is 12.3 Å². The molecule has 2 fully saturated rings. The van der Waals surface area contributed by atoms with Crippen LogP contribution in [0.25, 0.3) is 4.85 Å². The van der Waals surface area contributed by atoms with Gasteiger partial charge in [-0.15, -0.1) is 0 Å². The number of hydrogen-bond acceptors (Lipinski definition) is 18. The highest BCUT2D eigenvalue weighted by Crippen LogP contribution is 2.54. The minimum absolute atomic E-state index is 0.0226. The van der Waals surface area contributed by atoms with Gasteiger partial charge in [-0.25, -0.2) is 20.7 Å². The van der Waals surface area contributed by atoms with Crippen LogP contribution in [0.1, 0.15) is 392 Å². The van der Waals surface area contributed by atoms with Gasteiger partial charge < -0.3 is 47.8 Å². The van der Waals surface area contributed by atoms with Crippen molar-refractivity contribution >= 4 is 13.7 Å². The average molecular weight is 1810 g/mol. The maximum atomic E-state index is 15.5. The SMILES string of the molecule is [C-]#[N+]CCOP(=O)(OC[C@H]1O[C@@H](n2cc(C)c(=O)n(C(=O)c3cc(OCCCCCCCCCCCCCCCCCC)c(OCCCCCCCCCCCCCCCCCC)c(OCCCCCCCCCCCCCCCCCC)c3)c2=O)CC1O)OC1C[C@H](n2cc(C)c(=O)[nH]c2=O)O[C@@H]1COC(c1ccccc1)(c1ccc(OC)cc1)c1ccc(OC)cc1. The van der Waals surface area contributed by atoms with E-state index in [4.69, 9.17) is 58.0 Å². The second-order valence-corrected chi connectivity index (χ2v) is 37.5. The number of aryl methyl sites for hydroxylation is 2. The first-order valence-corrected chi connectivity index (χ1v) is 51.6. The number of methoxy groups -OCH3 is 2. The van der Waals surface area contributed by atoms with Crippen LogP contribution in [0.15, 0.2) is 123 Å². The van der Waals surface area contributed by atoms with Gasteiger partial charge in [0, 0.05) is 41.9 Å². The summed E-state index contributed by atoms with van der Waals surface area (Å²) in [6.45, 7) is 16.9. The minimum Gasteiger partial charge on any atom is -0.497 e. The first-order valence-electron chi connectivity index (χ1n) is 50.2. The molecule has 6 aromatic rings. The summed E-state index contributed by atoms with van der Waals surface area (Å²) in [5, 5.41) is 11.9. The zero-order chi connectivity index (χ0) is 92.0. The second-order valence-electron chi connectivity index (χ2n) is 35.9. The molecular weight excluding hydrogens is 1650 g/mol. The van der Waals surface area contributed by atoms with Crippen molar-refractivity contribution in [3.8, 4) is 28.7 Å². The third kappa shape index (κ3) is 36.7. The molecule has 7 atom stereocenters. The molecule has 4 aromatic carbocycles. The number of aliphatic hydroxyl groups is 1. The van der Waals surface area contributed by atoms with Crippen molar-refractivity contribution in [2.45, 2.75) is 398 Å². The first-order chi connectivity index (χ1) is 63.0. The van der Waals surface area contributed by atoms with Crippen molar-refractivity contribution in [1.82, 2.24) is 18.7 Å². The molecule has 0 radical (unpaired) electrons. The van der Waals surface area contributed by atoms with Gasteiger partial charge in [0.25, 0.3) is 17.0 Å². The summed E-state index contributed by atoms with van der Waals surface area (Å²) in [5.74, 6) is 1.21. The van der Waals surface area contributed by atoms with E-state index in [2.05, 4.69) is 30.6 Å². The number of H-pyrrole nitrogens is 1. The Labute approximate surface area is 771 Å². The Morgan fingerprint density at radius 1 is 0.481 bits per heavy atom. The van der Waals surface area contributed by atoms with Crippen molar-refractivity contribution in [2.75, 3.05) is 60.4 Å². The van der Waals surface area contributed by atoms with E-state index in [-0.39, 0.29) is 54.2 Å². The lowest BCUT2D eigenvalue weighted by atomic mass is 9.80. The molecule has 718 valence electrons. The van der Waals surface area contributed by atoms with Crippen molar-refractivity contribution < 1.29 is 65.9 Å². The van der Waals surface area contributed by atoms with E-state index >= 15 is 14.2 Å². The van der Waals surface area contributed by atoms with Crippen LogP contribution >= 0.6 is 7.82 Å². The number of aliphatic hydroxyl groups excluding tert-OH is 1. The van der Waals surface area contributed by atoms with E-state index in [0.717, 1.165) is 75.2 Å². The van der Waals surface area contributed by atoms with E-state index in [1.54, 1.807) is 33.3 Å². The number of carbonyl (C=O) groups excluding carboxylic acids is 1. The Morgan fingerprint density at radius 2 is 0.868 bits per heavy atom. The highest BCUT2D eigenvalue weighted by atomic mass is 31.2. The van der Waals surface area contributed by atoms with Crippen LogP contribution in [0.2, 0.25) is 0 Å². The Balaban J connectivity index is 1.00. The number of aromatic nitrogens is 4. The summed E-state index contributed by atoms with van der Waals surface area (Å²) in [6.07, 6.45) is 53.8. The zero-order valence-electron chi connectivity index (χ0n) is 79.7. The molecule has 2 aliphatic heterocycles. The van der Waals surface area contributed by atoms with Gasteiger partial charge in [0.05, 0.1) is 53.4 Å². The summed E-state index contributed by atoms with van der Waals surface area (Å²) in [6, 6.07) is 27.4. The van der Waals surface area contributed by atoms with Crippen LogP contribution in [-0.4, -0.2) is 115 Å². The molecule has 4 heterocycles. The van der Waals surface area contributed by atoms with Crippen LogP contribution in [0.4, 0.5) is 0 Å². The van der Waals surface area contributed by atoms with E-state index in [1.807, 2.05) is 78.9 Å². The lowest BCUT2D eigenvalue weighted by Gasteiger charge is -2.37. The molecular formula is C105H160N5O18P. The summed E-state index contributed by atoms with van der Waals surface area (Å²) in [5.41, 5.74) is -2.40. The molecule has 2 saturated heterocycles. The van der Waals surface area contributed by atoms with Crippen LogP contribution in [0.3, 0.4) is 0 Å². The Morgan fingerprint density at radius 3 is 1.29 bits per heavy atom. The lowest BCUT2D eigenvalue weighted by Crippen LogP contribution is -2.45. The molecule has 8 rings (SSSR count). The van der Waals surface area contributed by atoms with Gasteiger partial charge in [0.1, 0.15) is 54.5 Å². The van der Waals surface area contributed by atoms with E-state index < -0.39 is 91.9 Å². The second kappa shape index (κ2) is 62.0. The number of ether oxygens (including phenoxy) is 8. The summed E-state index contributed by atoms with van der Waals surface area (Å²) >= 11 is 0. The van der Waals surface area contributed by atoms with Gasteiger partial charge >= 0.3 is 19.2 Å². The van der Waals surface area contributed by atoms with Crippen LogP contribution in [-0.2, 0) is 37.9 Å². The highest BCUT2D eigenvalue weighted by molar-refractivity contribution is 7.48. The molecule has 3 unspecified atom stereocenters. The predicted octanol–water partition coefficient (Wildman–Crippen LogP) is 25.2. The topological polar surface area (TPSA) is 259 Å². The molecule has 0 saturated carbocycles. The molecule has 23 nitrogen and oxygen atoms in total. The van der Waals surface area contributed by atoms with E-state index in [9.17, 15) is 19.5 Å². The Hall–Kier alpha value is -7.65. The summed E-state index contributed by atoms with van der Waals surface area (Å²) in [7, 11) is -1.76. The number of rotatable bonds is 73. The number of phosphoric acid groups is 1. The molecule has 24 heteroatoms. The third-order valence-corrected chi connectivity index (χ3v) is 26.9. The van der Waals surface area contributed by atoms with E-state index in [1.165, 1.54) is 261 Å². The van der Waals surface area contributed by atoms with Crippen LogP contribution < -0.4 is 46.2 Å². The number of aromatic amines is 1. The third-order valence-electron chi connectivity index (χ3n) is 25.4. The smallest absolute Gasteiger partial charge is 0.475 e. The number of phosphoric ester groups is 1. The predicted molar refractivity (Wildman–Crippen MR) is 514 cm³/mol. The molecule has 0 bridgehead atoms. The fourth-order valence-corrected chi connectivity index (χ4v) is 19.0. The van der Waals surface area contributed by atoms with Crippen molar-refractivity contribution in [1.29, 1.82) is 0 Å². The van der Waals surface area contributed by atoms with Crippen molar-refractivity contribution in [3.63, 3.8) is 0 Å². The fourth-order valence-electron chi connectivity index (χ4n) is 17.6. The molecule has 2 aromatic heterocycles. The molecule has 0 spiro atoms. The monoisotopic (exact) mass is 1810 g/mol. The van der Waals surface area contributed by atoms with Crippen molar-refractivity contribution in [3.05, 3.63) is 190 Å². The van der Waals surface area contributed by atoms with Crippen LogP contribution in [0, 0.1) is 20.4 Å². The standard InChI is InChI=1S/C105H160N5O18P/c1-9-12-15-18-21-24-27-30-33-36-39-42-45-48-51-57-71-120-93-75-85(76-94(121-72-58-52-49-46-43-40-37-34-31-28-25-22-19-16-13-10-2)99(93)122-73-59-53-50-47-44-41-38-35-32-29-26-23-20-17-14-11-3)102(114)110-101(113)84(5)80-109(104(110)116)97-77-91(111)95(126-97)82-125-129(117,124-74-70-106-6)128-92-78-98(108-79-83(4)100(112)107-103(108)115)127-96(92)81-123-105(86-60-55-54-56-61-86,87-62-66-89(118-7)67-63-87)88-64-68-90(119-8)69-65-88/h54-56,60-69,75-76,79-80,91-92,95-98,111H,9-53,57-59,70-74,77-78,81-82H2,1-5,7-8H3,(H,107,112,115)/t91?,92?,95-,96-,97-,98-,129?/m1/s1. The summed E-state index contributed by atoms with van der Waals surface area (Å²) < 4.78 is 88.7.